The van der Waals surface area contributed by atoms with Crippen LogP contribution in [-0.4, -0.2) is 42.7 Å². The highest BCUT2D eigenvalue weighted by atomic mass is 19.4. The van der Waals surface area contributed by atoms with Crippen LogP contribution in [0.15, 0.2) is 0 Å². The summed E-state index contributed by atoms with van der Waals surface area (Å²) in [5.41, 5.74) is 0. The van der Waals surface area contributed by atoms with Gasteiger partial charge in [0.05, 0.1) is 6.10 Å². The molecule has 1 rings (SSSR count). The highest BCUT2D eigenvalue weighted by Gasteiger charge is 2.75. The minimum Gasteiger partial charge on any atom is -0.372 e. The molecule has 2 nitrogen and oxygen atoms in total. The molecule has 0 aliphatic heterocycles. The maximum atomic E-state index is 13.3. The lowest BCUT2D eigenvalue weighted by Gasteiger charge is -2.34. The van der Waals surface area contributed by atoms with Crippen molar-refractivity contribution in [1.29, 1.82) is 0 Å². The van der Waals surface area contributed by atoms with E-state index in [0.717, 1.165) is 0 Å². The van der Waals surface area contributed by atoms with Gasteiger partial charge in [-0.15, -0.1) is 0 Å². The summed E-state index contributed by atoms with van der Waals surface area (Å²) in [7, 11) is 0. The van der Waals surface area contributed by atoms with Crippen LogP contribution in [0.2, 0.25) is 0 Å². The minimum absolute atomic E-state index is 0.100. The van der Waals surface area contributed by atoms with Crippen molar-refractivity contribution in [3.8, 4) is 0 Å². The van der Waals surface area contributed by atoms with Crippen molar-refractivity contribution in [3.05, 3.63) is 0 Å². The van der Waals surface area contributed by atoms with Crippen molar-refractivity contribution in [2.45, 2.75) is 62.9 Å². The molecule has 23 heavy (non-hydrogen) atoms. The molecule has 0 N–H and O–H groups in total. The number of ketones is 1. The highest BCUT2D eigenvalue weighted by Crippen LogP contribution is 2.48. The van der Waals surface area contributed by atoms with E-state index in [1.165, 1.54) is 6.92 Å². The molecule has 0 saturated heterocycles. The van der Waals surface area contributed by atoms with Gasteiger partial charge in [0.1, 0.15) is 12.4 Å². The molecule has 0 bridgehead atoms. The van der Waals surface area contributed by atoms with Gasteiger partial charge in [0.15, 0.2) is 0 Å². The molecule has 1 aliphatic rings. The molecule has 136 valence electrons. The molecule has 0 radical (unpaired) electrons. The maximum absolute atomic E-state index is 13.3. The zero-order chi connectivity index (χ0) is 18.1. The van der Waals surface area contributed by atoms with E-state index < -0.39 is 36.9 Å². The molecular weight excluding hydrogens is 340 g/mol. The standard InChI is InChI=1S/C13H16F8O2/c1-7(22)8-2-4-9(5-3-8)23-6-11(16,17)13(20,21)12(18,19)10(14)15/h8-10H,2-6H2,1H3. The lowest BCUT2D eigenvalue weighted by molar-refractivity contribution is -0.347. The SMILES string of the molecule is CC(=O)C1CCC(OCC(F)(F)C(F)(F)C(F)(F)C(F)F)CC1. The normalized spacial score (nSPS) is 24.1. The number of halogens is 8. The van der Waals surface area contributed by atoms with Crippen LogP contribution in [-0.2, 0) is 9.53 Å². The fraction of sp³-hybridized carbons (Fsp3) is 0.923. The summed E-state index contributed by atoms with van der Waals surface area (Å²) < 4.78 is 106. The number of alkyl halides is 8. The first-order valence-corrected chi connectivity index (χ1v) is 6.86. The Morgan fingerprint density at radius 1 is 1.04 bits per heavy atom. The second-order valence-corrected chi connectivity index (χ2v) is 5.60. The zero-order valence-corrected chi connectivity index (χ0v) is 12.1. The summed E-state index contributed by atoms with van der Waals surface area (Å²) in [5, 5.41) is 0. The Hall–Kier alpha value is -0.930. The first kappa shape index (κ1) is 20.1. The number of carbonyl (C=O) groups is 1. The largest absolute Gasteiger partial charge is 0.380 e. The van der Waals surface area contributed by atoms with Gasteiger partial charge in [-0.3, -0.25) is 4.79 Å². The van der Waals surface area contributed by atoms with Gasteiger partial charge in [-0.1, -0.05) is 0 Å². The van der Waals surface area contributed by atoms with E-state index in [9.17, 15) is 39.9 Å². The molecule has 1 saturated carbocycles. The Morgan fingerprint density at radius 2 is 1.52 bits per heavy atom. The van der Waals surface area contributed by atoms with Crippen LogP contribution in [0.4, 0.5) is 35.1 Å². The first-order valence-electron chi connectivity index (χ1n) is 6.86. The van der Waals surface area contributed by atoms with E-state index in [0.29, 0.717) is 12.8 Å². The molecule has 0 aromatic heterocycles. The van der Waals surface area contributed by atoms with Crippen LogP contribution in [0.1, 0.15) is 32.6 Å². The summed E-state index contributed by atoms with van der Waals surface area (Å²) in [6.07, 6.45) is -5.00. The lowest BCUT2D eigenvalue weighted by atomic mass is 9.85. The number of Topliss-reactive ketones (excluding diaryl/α,β-unsaturated/α-hetero) is 1. The van der Waals surface area contributed by atoms with Gasteiger partial charge in [-0.05, 0) is 32.6 Å². The van der Waals surface area contributed by atoms with Crippen LogP contribution in [0.3, 0.4) is 0 Å². The second kappa shape index (κ2) is 6.90. The fourth-order valence-corrected chi connectivity index (χ4v) is 2.33. The van der Waals surface area contributed by atoms with Crippen molar-refractivity contribution in [2.24, 2.45) is 5.92 Å². The van der Waals surface area contributed by atoms with Gasteiger partial charge in [0.25, 0.3) is 0 Å². The fourth-order valence-electron chi connectivity index (χ4n) is 2.33. The van der Waals surface area contributed by atoms with Crippen LogP contribution >= 0.6 is 0 Å². The van der Waals surface area contributed by atoms with Crippen molar-refractivity contribution in [2.75, 3.05) is 6.61 Å². The smallest absolute Gasteiger partial charge is 0.372 e. The van der Waals surface area contributed by atoms with E-state index in [1.54, 1.807) is 0 Å². The predicted molar refractivity (Wildman–Crippen MR) is 63.2 cm³/mol. The molecule has 0 unspecified atom stereocenters. The average Bonchev–Trinajstić information content (AvgIpc) is 2.45. The molecule has 1 aliphatic carbocycles. The van der Waals surface area contributed by atoms with Gasteiger partial charge in [0.2, 0.25) is 0 Å². The van der Waals surface area contributed by atoms with Crippen molar-refractivity contribution >= 4 is 5.78 Å². The van der Waals surface area contributed by atoms with Gasteiger partial charge < -0.3 is 4.74 Å². The summed E-state index contributed by atoms with van der Waals surface area (Å²) in [6.45, 7) is -0.745. The third-order valence-corrected chi connectivity index (χ3v) is 3.90. The van der Waals surface area contributed by atoms with Crippen molar-refractivity contribution in [1.82, 2.24) is 0 Å². The Bertz CT molecular complexity index is 416. The summed E-state index contributed by atoms with van der Waals surface area (Å²) in [5.74, 6) is -18.3. The Morgan fingerprint density at radius 3 is 1.91 bits per heavy atom. The Balaban J connectivity index is 2.64. The molecule has 0 atom stereocenters. The van der Waals surface area contributed by atoms with Crippen molar-refractivity contribution < 1.29 is 44.7 Å². The van der Waals surface area contributed by atoms with E-state index >= 15 is 0 Å². The highest BCUT2D eigenvalue weighted by molar-refractivity contribution is 5.78. The van der Waals surface area contributed by atoms with Crippen LogP contribution in [0, 0.1) is 5.92 Å². The zero-order valence-electron chi connectivity index (χ0n) is 12.1. The Labute approximate surface area is 127 Å². The molecule has 0 aromatic carbocycles. The number of rotatable bonds is 7. The number of hydrogen-bond donors (Lipinski definition) is 0. The quantitative estimate of drug-likeness (QED) is 0.635. The molecule has 1 fully saturated rings. The van der Waals surface area contributed by atoms with Gasteiger partial charge in [0, 0.05) is 5.92 Å². The van der Waals surface area contributed by atoms with Crippen LogP contribution < -0.4 is 0 Å². The van der Waals surface area contributed by atoms with Gasteiger partial charge in [-0.2, -0.15) is 26.3 Å². The van der Waals surface area contributed by atoms with Crippen molar-refractivity contribution in [3.63, 3.8) is 0 Å². The van der Waals surface area contributed by atoms with E-state index in [2.05, 4.69) is 4.74 Å². The topological polar surface area (TPSA) is 26.3 Å². The predicted octanol–water partition coefficient (Wildman–Crippen LogP) is 4.32. The van der Waals surface area contributed by atoms with E-state index in [1.807, 2.05) is 0 Å². The molecule has 0 heterocycles. The second-order valence-electron chi connectivity index (χ2n) is 5.60. The Kier molecular flexibility index (Phi) is 6.04. The van der Waals surface area contributed by atoms with Gasteiger partial charge in [-0.25, -0.2) is 8.78 Å². The van der Waals surface area contributed by atoms with Crippen LogP contribution in [0.25, 0.3) is 0 Å². The molecular formula is C13H16F8O2. The van der Waals surface area contributed by atoms with E-state index in [-0.39, 0.29) is 24.5 Å². The summed E-state index contributed by atoms with van der Waals surface area (Å²) >= 11 is 0. The number of hydrogen-bond acceptors (Lipinski definition) is 2. The first-order chi connectivity index (χ1) is 10.3. The molecule has 10 heteroatoms. The summed E-state index contributed by atoms with van der Waals surface area (Å²) in [4.78, 5) is 11.1. The van der Waals surface area contributed by atoms with Gasteiger partial charge >= 0.3 is 24.2 Å². The average molecular weight is 356 g/mol. The van der Waals surface area contributed by atoms with Crippen LogP contribution in [0.5, 0.6) is 0 Å². The number of carbonyl (C=O) groups excluding carboxylic acids is 1. The molecule has 0 spiro atoms. The third-order valence-electron chi connectivity index (χ3n) is 3.90. The monoisotopic (exact) mass is 356 g/mol. The molecule has 0 amide bonds. The van der Waals surface area contributed by atoms with E-state index in [4.69, 9.17) is 0 Å². The third kappa shape index (κ3) is 4.13. The lowest BCUT2D eigenvalue weighted by Crippen LogP contribution is -2.59. The number of ether oxygens (including phenoxy) is 1. The summed E-state index contributed by atoms with van der Waals surface area (Å²) in [6, 6.07) is 0. The molecule has 0 aromatic rings. The maximum Gasteiger partial charge on any atom is 0.380 e. The minimum atomic E-state index is -6.25.